The summed E-state index contributed by atoms with van der Waals surface area (Å²) in [5.74, 6) is 4.72. The van der Waals surface area contributed by atoms with Crippen LogP contribution in [0, 0.1) is 5.41 Å². The molecule has 0 spiro atoms. The van der Waals surface area contributed by atoms with E-state index < -0.39 is 0 Å². The standard InChI is InChI=1S/C5H13N3O/c1-5(2,3)4(9)7-8-6/h8H,6H2,1-3H3,(H,7,9). The Hall–Kier alpha value is -0.610. The Bertz CT molecular complexity index is 105. The fraction of sp³-hybridized carbons (Fsp3) is 0.800. The van der Waals surface area contributed by atoms with Crippen LogP contribution in [0.15, 0.2) is 0 Å². The van der Waals surface area contributed by atoms with Crippen molar-refractivity contribution in [1.82, 2.24) is 11.0 Å². The van der Waals surface area contributed by atoms with E-state index in [1.807, 2.05) is 0 Å². The summed E-state index contributed by atoms with van der Waals surface area (Å²) >= 11 is 0. The predicted molar refractivity (Wildman–Crippen MR) is 34.9 cm³/mol. The molecule has 0 atom stereocenters. The molecule has 4 heteroatoms. The van der Waals surface area contributed by atoms with Gasteiger partial charge in [0.25, 0.3) is 0 Å². The quantitative estimate of drug-likeness (QED) is 0.333. The van der Waals surface area contributed by atoms with Gasteiger partial charge in [-0.3, -0.25) is 16.1 Å². The van der Waals surface area contributed by atoms with Gasteiger partial charge in [0.1, 0.15) is 0 Å². The SMILES string of the molecule is CC(C)(C)C(=O)NNN. The molecule has 4 N–H and O–H groups in total. The molecule has 0 rings (SSSR count). The zero-order chi connectivity index (χ0) is 7.49. The Labute approximate surface area is 54.7 Å². The van der Waals surface area contributed by atoms with Crippen molar-refractivity contribution in [1.29, 1.82) is 0 Å². The Morgan fingerprint density at radius 2 is 1.89 bits per heavy atom. The molecule has 0 aliphatic rings. The van der Waals surface area contributed by atoms with Gasteiger partial charge in [-0.25, -0.2) is 0 Å². The molecule has 0 aromatic carbocycles. The summed E-state index contributed by atoms with van der Waals surface area (Å²) in [5.41, 5.74) is 3.97. The first-order chi connectivity index (χ1) is 3.98. The van der Waals surface area contributed by atoms with Gasteiger partial charge in [-0.2, -0.15) is 5.53 Å². The second-order valence-electron chi connectivity index (χ2n) is 2.85. The highest BCUT2D eigenvalue weighted by atomic mass is 16.2. The Morgan fingerprint density at radius 3 is 2.00 bits per heavy atom. The third-order valence-corrected chi connectivity index (χ3v) is 0.867. The lowest BCUT2D eigenvalue weighted by Gasteiger charge is -2.16. The van der Waals surface area contributed by atoms with Crippen molar-refractivity contribution < 1.29 is 4.79 Å². The van der Waals surface area contributed by atoms with Crippen LogP contribution < -0.4 is 16.8 Å². The van der Waals surface area contributed by atoms with E-state index >= 15 is 0 Å². The molecule has 0 aromatic heterocycles. The van der Waals surface area contributed by atoms with Crippen LogP contribution in [0.2, 0.25) is 0 Å². The molecule has 0 aliphatic heterocycles. The summed E-state index contributed by atoms with van der Waals surface area (Å²) in [7, 11) is 0. The third-order valence-electron chi connectivity index (χ3n) is 0.867. The average molecular weight is 131 g/mol. The largest absolute Gasteiger partial charge is 0.278 e. The second kappa shape index (κ2) is 2.80. The molecule has 0 bridgehead atoms. The highest BCUT2D eigenvalue weighted by Gasteiger charge is 2.19. The Balaban J connectivity index is 3.74. The minimum absolute atomic E-state index is 0.120. The molecule has 0 saturated heterocycles. The maximum Gasteiger partial charge on any atom is 0.240 e. The van der Waals surface area contributed by atoms with E-state index in [0.29, 0.717) is 0 Å². The van der Waals surface area contributed by atoms with E-state index in [-0.39, 0.29) is 11.3 Å². The number of amides is 1. The molecule has 0 fully saturated rings. The minimum Gasteiger partial charge on any atom is -0.278 e. The number of hydrogen-bond donors (Lipinski definition) is 3. The highest BCUT2D eigenvalue weighted by Crippen LogP contribution is 2.11. The van der Waals surface area contributed by atoms with Gasteiger partial charge < -0.3 is 0 Å². The molecule has 0 radical (unpaired) electrons. The van der Waals surface area contributed by atoms with E-state index in [4.69, 9.17) is 5.84 Å². The zero-order valence-corrected chi connectivity index (χ0v) is 5.99. The van der Waals surface area contributed by atoms with E-state index in [1.54, 1.807) is 20.8 Å². The summed E-state index contributed by atoms with van der Waals surface area (Å²) in [5, 5.41) is 0. The van der Waals surface area contributed by atoms with Crippen LogP contribution in [0.1, 0.15) is 20.8 Å². The topological polar surface area (TPSA) is 67.2 Å². The molecule has 54 valence electrons. The van der Waals surface area contributed by atoms with E-state index in [1.165, 1.54) is 0 Å². The van der Waals surface area contributed by atoms with E-state index in [2.05, 4.69) is 11.0 Å². The minimum atomic E-state index is -0.383. The Kier molecular flexibility index (Phi) is 2.61. The van der Waals surface area contributed by atoms with Gasteiger partial charge in [0, 0.05) is 5.41 Å². The number of hydrogen-bond acceptors (Lipinski definition) is 3. The van der Waals surface area contributed by atoms with E-state index in [9.17, 15) is 4.79 Å². The van der Waals surface area contributed by atoms with Crippen LogP contribution in [0.25, 0.3) is 0 Å². The third kappa shape index (κ3) is 3.05. The van der Waals surface area contributed by atoms with Crippen LogP contribution in [0.5, 0.6) is 0 Å². The number of nitrogens with one attached hydrogen (secondary N) is 2. The van der Waals surface area contributed by atoms with Crippen molar-refractivity contribution in [3.8, 4) is 0 Å². The van der Waals surface area contributed by atoms with Crippen molar-refractivity contribution in [2.45, 2.75) is 20.8 Å². The van der Waals surface area contributed by atoms with Crippen LogP contribution in [-0.4, -0.2) is 5.91 Å². The zero-order valence-electron chi connectivity index (χ0n) is 5.99. The normalized spacial score (nSPS) is 11.1. The summed E-state index contributed by atoms with van der Waals surface area (Å²) in [4.78, 5) is 10.8. The molecule has 4 nitrogen and oxygen atoms in total. The highest BCUT2D eigenvalue weighted by molar-refractivity contribution is 5.80. The molecule has 0 aliphatic carbocycles. The molecule has 0 unspecified atom stereocenters. The lowest BCUT2D eigenvalue weighted by molar-refractivity contribution is -0.129. The molecule has 0 aromatic rings. The number of hydrazine groups is 2. The average Bonchev–Trinajstić information content (AvgIpc) is 1.64. The van der Waals surface area contributed by atoms with Crippen molar-refractivity contribution in [2.75, 3.05) is 0 Å². The van der Waals surface area contributed by atoms with Crippen LogP contribution >= 0.6 is 0 Å². The number of carbonyl (C=O) groups excluding carboxylic acids is 1. The molecule has 9 heavy (non-hydrogen) atoms. The van der Waals surface area contributed by atoms with Crippen LogP contribution in [-0.2, 0) is 4.79 Å². The maximum atomic E-state index is 10.8. The summed E-state index contributed by atoms with van der Waals surface area (Å²) in [6.45, 7) is 5.42. The molecular formula is C5H13N3O. The second-order valence-corrected chi connectivity index (χ2v) is 2.85. The van der Waals surface area contributed by atoms with Crippen LogP contribution in [0.4, 0.5) is 0 Å². The van der Waals surface area contributed by atoms with Crippen molar-refractivity contribution in [2.24, 2.45) is 11.3 Å². The van der Waals surface area contributed by atoms with Crippen molar-refractivity contribution >= 4 is 5.91 Å². The molecule has 0 saturated carbocycles. The monoisotopic (exact) mass is 131 g/mol. The number of nitrogens with two attached hydrogens (primary N) is 1. The van der Waals surface area contributed by atoms with Gasteiger partial charge in [0.2, 0.25) is 5.91 Å². The Morgan fingerprint density at radius 1 is 1.44 bits per heavy atom. The summed E-state index contributed by atoms with van der Waals surface area (Å²) in [6.07, 6.45) is 0. The van der Waals surface area contributed by atoms with Gasteiger partial charge in [-0.1, -0.05) is 20.8 Å². The lowest BCUT2D eigenvalue weighted by atomic mass is 9.96. The number of carbonyl (C=O) groups is 1. The van der Waals surface area contributed by atoms with Crippen molar-refractivity contribution in [3.63, 3.8) is 0 Å². The fourth-order valence-electron chi connectivity index (χ4n) is 0.253. The first kappa shape index (κ1) is 8.39. The first-order valence-corrected chi connectivity index (χ1v) is 2.74. The van der Waals surface area contributed by atoms with Crippen molar-refractivity contribution in [3.05, 3.63) is 0 Å². The predicted octanol–water partition coefficient (Wildman–Crippen LogP) is -0.473. The van der Waals surface area contributed by atoms with Gasteiger partial charge in [-0.05, 0) is 0 Å². The molecular weight excluding hydrogens is 118 g/mol. The smallest absolute Gasteiger partial charge is 0.240 e. The fourth-order valence-corrected chi connectivity index (χ4v) is 0.253. The van der Waals surface area contributed by atoms with E-state index in [0.717, 1.165) is 0 Å². The lowest BCUT2D eigenvalue weighted by Crippen LogP contribution is -2.47. The van der Waals surface area contributed by atoms with Gasteiger partial charge in [0.15, 0.2) is 0 Å². The van der Waals surface area contributed by atoms with Gasteiger partial charge in [-0.15, -0.1) is 0 Å². The molecule has 0 heterocycles. The summed E-state index contributed by atoms with van der Waals surface area (Å²) < 4.78 is 0. The maximum absolute atomic E-state index is 10.8. The van der Waals surface area contributed by atoms with Gasteiger partial charge >= 0.3 is 0 Å². The number of rotatable bonds is 1. The first-order valence-electron chi connectivity index (χ1n) is 2.74. The van der Waals surface area contributed by atoms with Crippen LogP contribution in [0.3, 0.4) is 0 Å². The van der Waals surface area contributed by atoms with Gasteiger partial charge in [0.05, 0.1) is 0 Å². The summed E-state index contributed by atoms with van der Waals surface area (Å²) in [6, 6.07) is 0. The molecule has 1 amide bonds.